The number of thiophene rings is 1. The van der Waals surface area contributed by atoms with Gasteiger partial charge in [0.05, 0.1) is 12.0 Å². The zero-order valence-electron chi connectivity index (χ0n) is 17.6. The second-order valence-electron chi connectivity index (χ2n) is 7.49. The summed E-state index contributed by atoms with van der Waals surface area (Å²) in [6, 6.07) is 6.70. The quantitative estimate of drug-likeness (QED) is 0.426. The number of Topliss-reactive ketones (excluding diaryl/α,β-unsaturated/α-hetero) is 1. The number of hydrogen-bond donors (Lipinski definition) is 0. The average Bonchev–Trinajstić information content (AvgIpc) is 2.94. The number of esters is 1. The van der Waals surface area contributed by atoms with Gasteiger partial charge in [-0.25, -0.2) is 9.78 Å². The Morgan fingerprint density at radius 2 is 1.94 bits per heavy atom. The van der Waals surface area contributed by atoms with Gasteiger partial charge in [-0.2, -0.15) is 0 Å². The first-order valence-electron chi connectivity index (χ1n) is 10.5. The fourth-order valence-corrected chi connectivity index (χ4v) is 4.87. The summed E-state index contributed by atoms with van der Waals surface area (Å²) in [4.78, 5) is 43.6. The van der Waals surface area contributed by atoms with Gasteiger partial charge in [-0.15, -0.1) is 11.3 Å². The maximum absolute atomic E-state index is 13.0. The molecule has 0 aliphatic carbocycles. The Labute approximate surface area is 183 Å². The molecule has 0 N–H and O–H groups in total. The summed E-state index contributed by atoms with van der Waals surface area (Å²) < 4.78 is 12.4. The summed E-state index contributed by atoms with van der Waals surface area (Å²) in [6.07, 6.45) is 3.80. The fraction of sp³-hybridized carbons (Fsp3) is 0.391. The van der Waals surface area contributed by atoms with Crippen LogP contribution in [-0.4, -0.2) is 34.5 Å². The van der Waals surface area contributed by atoms with E-state index in [1.165, 1.54) is 0 Å². The molecule has 0 radical (unpaired) electrons. The molecule has 0 atom stereocenters. The maximum Gasteiger partial charge on any atom is 0.349 e. The van der Waals surface area contributed by atoms with Crippen LogP contribution in [-0.2, 0) is 17.7 Å². The van der Waals surface area contributed by atoms with Crippen LogP contribution in [0.2, 0.25) is 0 Å². The Morgan fingerprint density at radius 3 is 2.68 bits per heavy atom. The lowest BCUT2D eigenvalue weighted by Crippen LogP contribution is -2.24. The molecule has 162 valence electrons. The SMILES string of the molecule is CCOc1ccc(C(=O)COC(=O)c2sc3nc4n(c(=O)c3c2C)CCCCC4)cc1. The van der Waals surface area contributed by atoms with E-state index in [2.05, 4.69) is 4.98 Å². The van der Waals surface area contributed by atoms with Gasteiger partial charge in [0, 0.05) is 18.5 Å². The standard InChI is InChI=1S/C23H24N2O5S/c1-3-29-16-10-8-15(9-11-16)17(26)13-30-23(28)20-14(2)19-21(31-20)24-18-7-5-4-6-12-25(18)22(19)27/h8-11H,3-7,12-13H2,1-2H3. The Morgan fingerprint density at radius 1 is 1.16 bits per heavy atom. The van der Waals surface area contributed by atoms with Crippen LogP contribution in [0.1, 0.15) is 57.6 Å². The number of aromatic nitrogens is 2. The number of benzene rings is 1. The molecule has 0 saturated carbocycles. The van der Waals surface area contributed by atoms with Gasteiger partial charge in [-0.1, -0.05) is 6.42 Å². The van der Waals surface area contributed by atoms with Crippen LogP contribution >= 0.6 is 11.3 Å². The molecule has 31 heavy (non-hydrogen) atoms. The first-order valence-corrected chi connectivity index (χ1v) is 11.3. The van der Waals surface area contributed by atoms with Crippen LogP contribution in [0.3, 0.4) is 0 Å². The normalized spacial score (nSPS) is 13.5. The lowest BCUT2D eigenvalue weighted by Gasteiger charge is -2.08. The Kier molecular flexibility index (Phi) is 6.18. The molecule has 0 fully saturated rings. The highest BCUT2D eigenvalue weighted by molar-refractivity contribution is 7.20. The highest BCUT2D eigenvalue weighted by atomic mass is 32.1. The summed E-state index contributed by atoms with van der Waals surface area (Å²) in [5, 5.41) is 0.473. The van der Waals surface area contributed by atoms with E-state index in [0.29, 0.717) is 45.1 Å². The maximum atomic E-state index is 13.0. The van der Waals surface area contributed by atoms with Gasteiger partial charge < -0.3 is 9.47 Å². The van der Waals surface area contributed by atoms with Crippen LogP contribution in [0.4, 0.5) is 0 Å². The molecule has 0 unspecified atom stereocenters. The molecule has 1 aromatic carbocycles. The van der Waals surface area contributed by atoms with Crippen molar-refractivity contribution in [2.24, 2.45) is 0 Å². The third-order valence-electron chi connectivity index (χ3n) is 5.42. The van der Waals surface area contributed by atoms with Crippen molar-refractivity contribution in [2.75, 3.05) is 13.2 Å². The van der Waals surface area contributed by atoms with Crippen LogP contribution in [0.25, 0.3) is 10.2 Å². The molecule has 3 heterocycles. The minimum atomic E-state index is -0.612. The molecule has 3 aromatic rings. The topological polar surface area (TPSA) is 87.5 Å². The average molecular weight is 441 g/mol. The van der Waals surface area contributed by atoms with Gasteiger partial charge in [0.25, 0.3) is 5.56 Å². The molecule has 0 spiro atoms. The summed E-state index contributed by atoms with van der Waals surface area (Å²) >= 11 is 1.15. The number of ketones is 1. The molecule has 0 saturated heterocycles. The summed E-state index contributed by atoms with van der Waals surface area (Å²) in [6.45, 7) is 4.44. The molecule has 0 bridgehead atoms. The zero-order valence-corrected chi connectivity index (χ0v) is 18.4. The van der Waals surface area contributed by atoms with E-state index >= 15 is 0 Å². The van der Waals surface area contributed by atoms with E-state index < -0.39 is 5.97 Å². The second-order valence-corrected chi connectivity index (χ2v) is 8.49. The minimum Gasteiger partial charge on any atom is -0.494 e. The van der Waals surface area contributed by atoms with Crippen molar-refractivity contribution < 1.29 is 19.1 Å². The Bertz CT molecular complexity index is 1190. The van der Waals surface area contributed by atoms with Crippen LogP contribution in [0.5, 0.6) is 5.75 Å². The molecule has 4 rings (SSSR count). The summed E-state index contributed by atoms with van der Waals surface area (Å²) in [5.41, 5.74) is 0.906. The van der Waals surface area contributed by atoms with Crippen molar-refractivity contribution in [3.63, 3.8) is 0 Å². The second kappa shape index (κ2) is 9.01. The van der Waals surface area contributed by atoms with E-state index in [1.54, 1.807) is 35.8 Å². The van der Waals surface area contributed by atoms with Crippen LogP contribution in [0.15, 0.2) is 29.1 Å². The van der Waals surface area contributed by atoms with Crippen molar-refractivity contribution in [3.05, 3.63) is 56.4 Å². The van der Waals surface area contributed by atoms with Crippen molar-refractivity contribution in [1.29, 1.82) is 0 Å². The Hall–Kier alpha value is -3.00. The number of carbonyl (C=O) groups is 2. The first-order chi connectivity index (χ1) is 15.0. The lowest BCUT2D eigenvalue weighted by atomic mass is 10.1. The molecule has 8 heteroatoms. The van der Waals surface area contributed by atoms with Gasteiger partial charge in [-0.05, 0) is 56.5 Å². The van der Waals surface area contributed by atoms with Crippen LogP contribution < -0.4 is 10.3 Å². The molecular weight excluding hydrogens is 416 g/mol. The summed E-state index contributed by atoms with van der Waals surface area (Å²) in [5.74, 6) is 0.537. The van der Waals surface area contributed by atoms with E-state index in [9.17, 15) is 14.4 Å². The minimum absolute atomic E-state index is 0.0971. The predicted octanol–water partition coefficient (Wildman–Crippen LogP) is 3.93. The number of hydrogen-bond acceptors (Lipinski definition) is 7. The number of rotatable bonds is 6. The smallest absolute Gasteiger partial charge is 0.349 e. The van der Waals surface area contributed by atoms with Gasteiger partial charge >= 0.3 is 5.97 Å². The van der Waals surface area contributed by atoms with Crippen molar-refractivity contribution in [3.8, 4) is 5.75 Å². The summed E-state index contributed by atoms with van der Waals surface area (Å²) in [7, 11) is 0. The fourth-order valence-electron chi connectivity index (χ4n) is 3.79. The number of nitrogens with zero attached hydrogens (tertiary/aromatic N) is 2. The van der Waals surface area contributed by atoms with E-state index in [0.717, 1.165) is 42.8 Å². The van der Waals surface area contributed by atoms with Gasteiger partial charge in [0.15, 0.2) is 12.4 Å². The van der Waals surface area contributed by atoms with Gasteiger partial charge in [0.1, 0.15) is 21.3 Å². The number of fused-ring (bicyclic) bond motifs is 2. The van der Waals surface area contributed by atoms with E-state index in [1.807, 2.05) is 6.92 Å². The molecule has 7 nitrogen and oxygen atoms in total. The highest BCUT2D eigenvalue weighted by Gasteiger charge is 2.23. The number of ether oxygens (including phenoxy) is 2. The van der Waals surface area contributed by atoms with Crippen molar-refractivity contribution in [2.45, 2.75) is 46.1 Å². The number of carbonyl (C=O) groups excluding carboxylic acids is 2. The van der Waals surface area contributed by atoms with Gasteiger partial charge in [-0.3, -0.25) is 14.2 Å². The highest BCUT2D eigenvalue weighted by Crippen LogP contribution is 2.29. The molecule has 1 aliphatic heterocycles. The van der Waals surface area contributed by atoms with E-state index in [-0.39, 0.29) is 17.9 Å². The number of aryl methyl sites for hydroxylation is 2. The van der Waals surface area contributed by atoms with Crippen molar-refractivity contribution in [1.82, 2.24) is 9.55 Å². The largest absolute Gasteiger partial charge is 0.494 e. The molecule has 0 amide bonds. The van der Waals surface area contributed by atoms with Crippen LogP contribution in [0, 0.1) is 6.92 Å². The Balaban J connectivity index is 1.52. The third kappa shape index (κ3) is 4.25. The molecule has 1 aliphatic rings. The predicted molar refractivity (Wildman–Crippen MR) is 118 cm³/mol. The molecular formula is C23H24N2O5S. The first kappa shape index (κ1) is 21.2. The van der Waals surface area contributed by atoms with Gasteiger partial charge in [0.2, 0.25) is 0 Å². The third-order valence-corrected chi connectivity index (χ3v) is 6.58. The van der Waals surface area contributed by atoms with E-state index in [4.69, 9.17) is 9.47 Å². The molecule has 2 aromatic heterocycles. The zero-order chi connectivity index (χ0) is 22.0. The monoisotopic (exact) mass is 440 g/mol. The van der Waals surface area contributed by atoms with Crippen molar-refractivity contribution >= 4 is 33.3 Å². The lowest BCUT2D eigenvalue weighted by molar-refractivity contribution is 0.0479.